The second-order valence-corrected chi connectivity index (χ2v) is 3.47. The Hall–Kier alpha value is -2.08. The summed E-state index contributed by atoms with van der Waals surface area (Å²) in [6.07, 6.45) is 1.66. The predicted molar refractivity (Wildman–Crippen MR) is 57.7 cm³/mol. The molecule has 1 unspecified atom stereocenters. The number of carboxylic acid groups (broad SMARTS) is 1. The summed E-state index contributed by atoms with van der Waals surface area (Å²) >= 11 is 0. The Kier molecular flexibility index (Phi) is 2.49. The molecule has 0 radical (unpaired) electrons. The zero-order valence-corrected chi connectivity index (χ0v) is 8.38. The lowest BCUT2D eigenvalue weighted by atomic mass is 10.2. The number of fused-ring (bicyclic) bond motifs is 1. The van der Waals surface area contributed by atoms with E-state index in [9.17, 15) is 4.79 Å². The number of aliphatic carboxylic acids is 1. The van der Waals surface area contributed by atoms with E-state index >= 15 is 0 Å². The second-order valence-electron chi connectivity index (χ2n) is 3.47. The molecule has 0 aliphatic heterocycles. The standard InChI is InChI=1S/C10H11N3O3/c11-7(10(14)15)4-5-3-6-8(16-5)1-2-13-9(6)12/h1-3,7H,4,11H2,(H2,12,13)(H,14,15). The number of anilines is 1. The maximum atomic E-state index is 10.6. The van der Waals surface area contributed by atoms with Gasteiger partial charge in [-0.15, -0.1) is 0 Å². The van der Waals surface area contributed by atoms with Crippen LogP contribution in [0.25, 0.3) is 11.0 Å². The number of furan rings is 1. The summed E-state index contributed by atoms with van der Waals surface area (Å²) in [5.41, 5.74) is 11.6. The zero-order chi connectivity index (χ0) is 11.7. The van der Waals surface area contributed by atoms with E-state index in [2.05, 4.69) is 4.98 Å². The van der Waals surface area contributed by atoms with Gasteiger partial charge in [-0.05, 0) is 12.1 Å². The fourth-order valence-electron chi connectivity index (χ4n) is 1.44. The molecule has 0 saturated carbocycles. The van der Waals surface area contributed by atoms with Crippen molar-refractivity contribution in [3.63, 3.8) is 0 Å². The average Bonchev–Trinajstić information content (AvgIpc) is 2.61. The minimum Gasteiger partial charge on any atom is -0.480 e. The predicted octanol–water partition coefficient (Wildman–Crippen LogP) is 0.364. The highest BCUT2D eigenvalue weighted by molar-refractivity contribution is 5.87. The maximum Gasteiger partial charge on any atom is 0.320 e. The molecular weight excluding hydrogens is 210 g/mol. The van der Waals surface area contributed by atoms with Gasteiger partial charge in [0.25, 0.3) is 0 Å². The maximum absolute atomic E-state index is 10.6. The zero-order valence-electron chi connectivity index (χ0n) is 8.38. The Morgan fingerprint density at radius 3 is 3.00 bits per heavy atom. The van der Waals surface area contributed by atoms with Crippen LogP contribution in [0.2, 0.25) is 0 Å². The van der Waals surface area contributed by atoms with Crippen LogP contribution in [0.4, 0.5) is 5.82 Å². The van der Waals surface area contributed by atoms with Crippen LogP contribution in [-0.2, 0) is 11.2 Å². The van der Waals surface area contributed by atoms with E-state index in [0.29, 0.717) is 22.5 Å². The number of rotatable bonds is 3. The molecule has 2 rings (SSSR count). The van der Waals surface area contributed by atoms with Crippen molar-refractivity contribution in [2.45, 2.75) is 12.5 Å². The van der Waals surface area contributed by atoms with Gasteiger partial charge in [0.05, 0.1) is 5.39 Å². The summed E-state index contributed by atoms with van der Waals surface area (Å²) in [5.74, 6) is -0.215. The molecule has 0 amide bonds. The first-order valence-electron chi connectivity index (χ1n) is 4.69. The van der Waals surface area contributed by atoms with E-state index in [1.54, 1.807) is 12.1 Å². The SMILES string of the molecule is Nc1nccc2oc(CC(N)C(=O)O)cc12. The molecule has 6 nitrogen and oxygen atoms in total. The van der Waals surface area contributed by atoms with Crippen LogP contribution in [-0.4, -0.2) is 22.1 Å². The molecule has 0 spiro atoms. The first-order valence-corrected chi connectivity index (χ1v) is 4.69. The number of pyridine rings is 1. The van der Waals surface area contributed by atoms with Crippen LogP contribution >= 0.6 is 0 Å². The van der Waals surface area contributed by atoms with Gasteiger partial charge >= 0.3 is 5.97 Å². The van der Waals surface area contributed by atoms with Gasteiger partial charge in [-0.3, -0.25) is 4.79 Å². The normalized spacial score (nSPS) is 12.8. The Balaban J connectivity index is 2.33. The minimum absolute atomic E-state index is 0.128. The van der Waals surface area contributed by atoms with Crippen molar-refractivity contribution in [1.29, 1.82) is 0 Å². The molecule has 2 aromatic heterocycles. The van der Waals surface area contributed by atoms with Crippen LogP contribution < -0.4 is 11.5 Å². The Morgan fingerprint density at radius 1 is 1.62 bits per heavy atom. The van der Waals surface area contributed by atoms with Crippen LogP contribution in [0.3, 0.4) is 0 Å². The number of nitrogens with two attached hydrogens (primary N) is 2. The minimum atomic E-state index is -1.06. The Labute approximate surface area is 90.9 Å². The number of hydrogen-bond acceptors (Lipinski definition) is 5. The highest BCUT2D eigenvalue weighted by Crippen LogP contribution is 2.23. The highest BCUT2D eigenvalue weighted by atomic mass is 16.4. The number of hydrogen-bond donors (Lipinski definition) is 3. The second kappa shape index (κ2) is 3.82. The van der Waals surface area contributed by atoms with Gasteiger partial charge in [-0.25, -0.2) is 4.98 Å². The van der Waals surface area contributed by atoms with E-state index in [1.165, 1.54) is 6.20 Å². The summed E-state index contributed by atoms with van der Waals surface area (Å²) in [7, 11) is 0. The first-order chi connectivity index (χ1) is 7.58. The highest BCUT2D eigenvalue weighted by Gasteiger charge is 2.15. The molecule has 84 valence electrons. The summed E-state index contributed by atoms with van der Waals surface area (Å²) < 4.78 is 5.41. The third-order valence-electron chi connectivity index (χ3n) is 2.27. The summed E-state index contributed by atoms with van der Waals surface area (Å²) in [6.45, 7) is 0. The third-order valence-corrected chi connectivity index (χ3v) is 2.27. The van der Waals surface area contributed by atoms with Crippen LogP contribution in [0.15, 0.2) is 22.7 Å². The number of carbonyl (C=O) groups is 1. The van der Waals surface area contributed by atoms with Gasteiger partial charge < -0.3 is 21.0 Å². The van der Waals surface area contributed by atoms with Crippen molar-refractivity contribution < 1.29 is 14.3 Å². The van der Waals surface area contributed by atoms with Gasteiger partial charge in [-0.1, -0.05) is 0 Å². The van der Waals surface area contributed by atoms with E-state index in [0.717, 1.165) is 0 Å². The van der Waals surface area contributed by atoms with E-state index in [4.69, 9.17) is 21.0 Å². The summed E-state index contributed by atoms with van der Waals surface area (Å²) in [5, 5.41) is 9.35. The first kappa shape index (κ1) is 10.4. The molecule has 5 N–H and O–H groups in total. The lowest BCUT2D eigenvalue weighted by Crippen LogP contribution is -2.32. The monoisotopic (exact) mass is 221 g/mol. The lowest BCUT2D eigenvalue weighted by Gasteiger charge is -2.01. The molecule has 0 aliphatic rings. The molecule has 0 fully saturated rings. The van der Waals surface area contributed by atoms with E-state index in [1.807, 2.05) is 0 Å². The van der Waals surface area contributed by atoms with Crippen molar-refractivity contribution >= 4 is 22.8 Å². The molecule has 16 heavy (non-hydrogen) atoms. The molecule has 0 bridgehead atoms. The Morgan fingerprint density at radius 2 is 2.38 bits per heavy atom. The van der Waals surface area contributed by atoms with Crippen molar-refractivity contribution in [2.75, 3.05) is 5.73 Å². The summed E-state index contributed by atoms with van der Waals surface area (Å²) in [6, 6.07) is 2.36. The topological polar surface area (TPSA) is 115 Å². The fourth-order valence-corrected chi connectivity index (χ4v) is 1.44. The smallest absolute Gasteiger partial charge is 0.320 e. The molecular formula is C10H11N3O3. The summed E-state index contributed by atoms with van der Waals surface area (Å²) in [4.78, 5) is 14.5. The number of carboxylic acids is 1. The number of nitrogen functional groups attached to an aromatic ring is 1. The number of aromatic nitrogens is 1. The van der Waals surface area contributed by atoms with Crippen LogP contribution in [0, 0.1) is 0 Å². The largest absolute Gasteiger partial charge is 0.480 e. The van der Waals surface area contributed by atoms with Gasteiger partial charge in [0, 0.05) is 12.6 Å². The Bertz CT molecular complexity index is 535. The van der Waals surface area contributed by atoms with Crippen molar-refractivity contribution in [1.82, 2.24) is 4.98 Å². The molecule has 1 atom stereocenters. The third kappa shape index (κ3) is 1.82. The van der Waals surface area contributed by atoms with Gasteiger partial charge in [0.15, 0.2) is 0 Å². The van der Waals surface area contributed by atoms with Crippen molar-refractivity contribution in [2.24, 2.45) is 5.73 Å². The van der Waals surface area contributed by atoms with Crippen molar-refractivity contribution in [3.05, 3.63) is 24.1 Å². The van der Waals surface area contributed by atoms with Crippen LogP contribution in [0.1, 0.15) is 5.76 Å². The number of nitrogens with zero attached hydrogens (tertiary/aromatic N) is 1. The van der Waals surface area contributed by atoms with E-state index < -0.39 is 12.0 Å². The molecule has 2 heterocycles. The molecule has 2 aromatic rings. The fraction of sp³-hybridized carbons (Fsp3) is 0.200. The lowest BCUT2D eigenvalue weighted by molar-refractivity contribution is -0.138. The van der Waals surface area contributed by atoms with E-state index in [-0.39, 0.29) is 6.42 Å². The van der Waals surface area contributed by atoms with Crippen LogP contribution in [0.5, 0.6) is 0 Å². The molecule has 0 aliphatic carbocycles. The van der Waals surface area contributed by atoms with Gasteiger partial charge in [-0.2, -0.15) is 0 Å². The molecule has 0 aromatic carbocycles. The molecule has 0 saturated heterocycles. The van der Waals surface area contributed by atoms with Gasteiger partial charge in [0.1, 0.15) is 23.2 Å². The quantitative estimate of drug-likeness (QED) is 0.689. The average molecular weight is 221 g/mol. The van der Waals surface area contributed by atoms with Crippen molar-refractivity contribution in [3.8, 4) is 0 Å². The molecule has 6 heteroatoms. The van der Waals surface area contributed by atoms with Gasteiger partial charge in [0.2, 0.25) is 0 Å².